The topological polar surface area (TPSA) is 38.1 Å². The first-order valence-electron chi connectivity index (χ1n) is 7.48. The molecule has 0 fully saturated rings. The fourth-order valence-corrected chi connectivity index (χ4v) is 2.92. The average Bonchev–Trinajstić information content (AvgIpc) is 2.48. The van der Waals surface area contributed by atoms with E-state index in [2.05, 4.69) is 50.3 Å². The number of aromatic nitrogens is 2. The summed E-state index contributed by atoms with van der Waals surface area (Å²) in [4.78, 5) is 14.4. The first-order valence-corrected chi connectivity index (χ1v) is 8.12. The zero-order valence-electron chi connectivity index (χ0n) is 13.1. The molecule has 0 saturated heterocycles. The van der Waals surface area contributed by atoms with E-state index < -0.39 is 0 Å². The standard InChI is InChI=1S/C15H27N3OS/c1-5-15(6-2,12-20)11-18-14(19)9-13(10-16-18)17(7-3)8-4/h9-10,20H,5-8,11-12H2,1-4H3. The maximum absolute atomic E-state index is 12.3. The van der Waals surface area contributed by atoms with Gasteiger partial charge in [-0.1, -0.05) is 13.8 Å². The molecule has 0 radical (unpaired) electrons. The van der Waals surface area contributed by atoms with Crippen molar-refractivity contribution in [2.45, 2.75) is 47.1 Å². The summed E-state index contributed by atoms with van der Waals surface area (Å²) in [6.07, 6.45) is 3.79. The van der Waals surface area contributed by atoms with E-state index >= 15 is 0 Å². The molecule has 0 amide bonds. The van der Waals surface area contributed by atoms with Crippen molar-refractivity contribution in [1.29, 1.82) is 0 Å². The molecular formula is C15H27N3OS. The monoisotopic (exact) mass is 297 g/mol. The molecular weight excluding hydrogens is 270 g/mol. The number of anilines is 1. The van der Waals surface area contributed by atoms with Crippen LogP contribution in [0.5, 0.6) is 0 Å². The van der Waals surface area contributed by atoms with E-state index in [0.717, 1.165) is 37.4 Å². The Bertz CT molecular complexity index is 456. The Hall–Kier alpha value is -0.970. The van der Waals surface area contributed by atoms with E-state index in [1.54, 1.807) is 16.9 Å². The van der Waals surface area contributed by atoms with Crippen molar-refractivity contribution in [2.75, 3.05) is 23.7 Å². The maximum Gasteiger partial charge on any atom is 0.268 e. The first kappa shape index (κ1) is 17.1. The smallest absolute Gasteiger partial charge is 0.268 e. The highest BCUT2D eigenvalue weighted by Crippen LogP contribution is 2.29. The molecule has 0 aliphatic carbocycles. The zero-order valence-corrected chi connectivity index (χ0v) is 14.0. The normalized spacial score (nSPS) is 11.7. The van der Waals surface area contributed by atoms with Gasteiger partial charge in [0.25, 0.3) is 5.56 Å². The molecule has 1 aromatic heterocycles. The fraction of sp³-hybridized carbons (Fsp3) is 0.733. The molecule has 0 unspecified atom stereocenters. The largest absolute Gasteiger partial charge is 0.371 e. The van der Waals surface area contributed by atoms with Gasteiger partial charge in [0, 0.05) is 19.2 Å². The van der Waals surface area contributed by atoms with Crippen molar-refractivity contribution in [3.63, 3.8) is 0 Å². The molecule has 0 aliphatic heterocycles. The van der Waals surface area contributed by atoms with Crippen LogP contribution in [0.2, 0.25) is 0 Å². The van der Waals surface area contributed by atoms with Crippen LogP contribution in [0.15, 0.2) is 17.1 Å². The summed E-state index contributed by atoms with van der Waals surface area (Å²) in [5.41, 5.74) is 0.930. The van der Waals surface area contributed by atoms with Gasteiger partial charge in [0.15, 0.2) is 0 Å². The number of hydrogen-bond acceptors (Lipinski definition) is 4. The Kier molecular flexibility index (Phi) is 6.59. The molecule has 20 heavy (non-hydrogen) atoms. The Morgan fingerprint density at radius 3 is 2.25 bits per heavy atom. The summed E-state index contributed by atoms with van der Waals surface area (Å²) in [5.74, 6) is 0.770. The lowest BCUT2D eigenvalue weighted by Crippen LogP contribution is -2.35. The SMILES string of the molecule is CCN(CC)c1cnn(CC(CC)(CC)CS)c(=O)c1. The van der Waals surface area contributed by atoms with Gasteiger partial charge in [-0.15, -0.1) is 0 Å². The Balaban J connectivity index is 3.02. The van der Waals surface area contributed by atoms with Crippen LogP contribution in [0.3, 0.4) is 0 Å². The molecule has 0 saturated carbocycles. The van der Waals surface area contributed by atoms with Crippen molar-refractivity contribution in [1.82, 2.24) is 9.78 Å². The van der Waals surface area contributed by atoms with Crippen molar-refractivity contribution in [2.24, 2.45) is 5.41 Å². The highest BCUT2D eigenvalue weighted by molar-refractivity contribution is 7.80. The van der Waals surface area contributed by atoms with Crippen LogP contribution in [0.25, 0.3) is 0 Å². The first-order chi connectivity index (χ1) is 9.55. The van der Waals surface area contributed by atoms with Crippen LogP contribution in [-0.4, -0.2) is 28.6 Å². The zero-order chi connectivity index (χ0) is 15.2. The van der Waals surface area contributed by atoms with E-state index in [9.17, 15) is 4.79 Å². The van der Waals surface area contributed by atoms with Crippen molar-refractivity contribution < 1.29 is 0 Å². The lowest BCUT2D eigenvalue weighted by Gasteiger charge is -2.30. The van der Waals surface area contributed by atoms with Gasteiger partial charge in [-0.2, -0.15) is 17.7 Å². The molecule has 1 aromatic rings. The number of nitrogens with zero attached hydrogens (tertiary/aromatic N) is 3. The lowest BCUT2D eigenvalue weighted by atomic mass is 9.84. The van der Waals surface area contributed by atoms with Gasteiger partial charge in [0.05, 0.1) is 18.4 Å². The number of thiol groups is 1. The molecule has 114 valence electrons. The molecule has 1 rings (SSSR count). The van der Waals surface area contributed by atoms with Crippen LogP contribution >= 0.6 is 12.6 Å². The van der Waals surface area contributed by atoms with Crippen LogP contribution in [0, 0.1) is 5.41 Å². The van der Waals surface area contributed by atoms with E-state index in [0.29, 0.717) is 6.54 Å². The second-order valence-corrected chi connectivity index (χ2v) is 5.56. The van der Waals surface area contributed by atoms with E-state index in [1.165, 1.54) is 0 Å². The Morgan fingerprint density at radius 1 is 1.25 bits per heavy atom. The van der Waals surface area contributed by atoms with Gasteiger partial charge in [-0.05, 0) is 37.9 Å². The minimum atomic E-state index is -0.0255. The summed E-state index contributed by atoms with van der Waals surface area (Å²) in [7, 11) is 0. The molecule has 0 bridgehead atoms. The molecule has 5 heteroatoms. The van der Waals surface area contributed by atoms with E-state index in [4.69, 9.17) is 0 Å². The van der Waals surface area contributed by atoms with Crippen LogP contribution < -0.4 is 10.5 Å². The maximum atomic E-state index is 12.3. The van der Waals surface area contributed by atoms with Gasteiger partial charge in [0.1, 0.15) is 0 Å². The third kappa shape index (κ3) is 3.78. The van der Waals surface area contributed by atoms with Gasteiger partial charge in [0.2, 0.25) is 0 Å². The van der Waals surface area contributed by atoms with Crippen LogP contribution in [0.1, 0.15) is 40.5 Å². The predicted molar refractivity (Wildman–Crippen MR) is 88.9 cm³/mol. The minimum absolute atomic E-state index is 0.0255. The summed E-state index contributed by atoms with van der Waals surface area (Å²) < 4.78 is 1.58. The molecule has 0 aromatic carbocycles. The second kappa shape index (κ2) is 7.72. The summed E-state index contributed by atoms with van der Waals surface area (Å²) in [5, 5.41) is 4.35. The van der Waals surface area contributed by atoms with Crippen molar-refractivity contribution in [3.05, 3.63) is 22.6 Å². The fourth-order valence-electron chi connectivity index (χ4n) is 2.37. The van der Waals surface area contributed by atoms with Crippen molar-refractivity contribution >= 4 is 18.3 Å². The molecule has 1 heterocycles. The third-order valence-electron chi connectivity index (χ3n) is 4.30. The molecule has 0 spiro atoms. The Labute approximate surface area is 127 Å². The summed E-state index contributed by atoms with van der Waals surface area (Å²) in [6, 6.07) is 1.69. The van der Waals surface area contributed by atoms with Crippen molar-refractivity contribution in [3.8, 4) is 0 Å². The van der Waals surface area contributed by atoms with Gasteiger partial charge in [-0.25, -0.2) is 4.68 Å². The summed E-state index contributed by atoms with van der Waals surface area (Å²) >= 11 is 4.46. The third-order valence-corrected chi connectivity index (χ3v) is 4.98. The van der Waals surface area contributed by atoms with Gasteiger partial charge in [-0.3, -0.25) is 4.79 Å². The highest BCUT2D eigenvalue weighted by Gasteiger charge is 2.26. The second-order valence-electron chi connectivity index (χ2n) is 5.25. The van der Waals surface area contributed by atoms with E-state index in [1.807, 2.05) is 0 Å². The quantitative estimate of drug-likeness (QED) is 0.750. The van der Waals surface area contributed by atoms with Gasteiger partial charge < -0.3 is 4.90 Å². The van der Waals surface area contributed by atoms with Crippen LogP contribution in [-0.2, 0) is 6.54 Å². The highest BCUT2D eigenvalue weighted by atomic mass is 32.1. The number of rotatable bonds is 8. The molecule has 0 N–H and O–H groups in total. The van der Waals surface area contributed by atoms with E-state index in [-0.39, 0.29) is 11.0 Å². The Morgan fingerprint density at radius 2 is 1.85 bits per heavy atom. The minimum Gasteiger partial charge on any atom is -0.371 e. The number of hydrogen-bond donors (Lipinski definition) is 1. The average molecular weight is 297 g/mol. The lowest BCUT2D eigenvalue weighted by molar-refractivity contribution is 0.241. The summed E-state index contributed by atoms with van der Waals surface area (Å²) in [6.45, 7) is 10.9. The molecule has 0 atom stereocenters. The molecule has 4 nitrogen and oxygen atoms in total. The molecule has 0 aliphatic rings. The van der Waals surface area contributed by atoms with Crippen LogP contribution in [0.4, 0.5) is 5.69 Å². The predicted octanol–water partition coefficient (Wildman–Crippen LogP) is 2.83. The van der Waals surface area contributed by atoms with Gasteiger partial charge >= 0.3 is 0 Å².